The number of ether oxygens (including phenoxy) is 1. The maximum Gasteiger partial charge on any atom is 0.120 e. The molecule has 0 aliphatic rings. The van der Waals surface area contributed by atoms with Gasteiger partial charge < -0.3 is 14.7 Å². The predicted octanol–water partition coefficient (Wildman–Crippen LogP) is 3.84. The molecule has 2 aromatic carbocycles. The van der Waals surface area contributed by atoms with Gasteiger partial charge in [-0.3, -0.25) is 4.98 Å². The Kier molecular flexibility index (Phi) is 5.31. The lowest BCUT2D eigenvalue weighted by Crippen LogP contribution is -2.07. The average Bonchev–Trinajstić information content (AvgIpc) is 2.64. The number of hydrogen-bond donors (Lipinski definition) is 1. The second-order valence-electron chi connectivity index (χ2n) is 5.97. The number of hydrogen-bond acceptors (Lipinski definition) is 4. The maximum atomic E-state index is 8.91. The van der Waals surface area contributed by atoms with Crippen molar-refractivity contribution in [1.29, 1.82) is 0 Å². The van der Waals surface area contributed by atoms with Crippen LogP contribution in [0, 0.1) is 0 Å². The van der Waals surface area contributed by atoms with Crippen LogP contribution in [0.1, 0.15) is 11.1 Å². The third kappa shape index (κ3) is 4.17. The van der Waals surface area contributed by atoms with E-state index in [2.05, 4.69) is 46.3 Å². The smallest absolute Gasteiger partial charge is 0.120 e. The van der Waals surface area contributed by atoms with Gasteiger partial charge >= 0.3 is 0 Å². The lowest BCUT2D eigenvalue weighted by atomic mass is 10.1. The van der Waals surface area contributed by atoms with Crippen molar-refractivity contribution in [1.82, 2.24) is 4.98 Å². The van der Waals surface area contributed by atoms with Crippen molar-refractivity contribution in [2.75, 3.05) is 32.2 Å². The molecule has 0 atom stereocenters. The molecule has 0 aliphatic carbocycles. The van der Waals surface area contributed by atoms with Crippen LogP contribution in [0.5, 0.6) is 5.75 Å². The van der Waals surface area contributed by atoms with Crippen molar-refractivity contribution >= 4 is 28.7 Å². The monoisotopic (exact) mass is 334 g/mol. The van der Waals surface area contributed by atoms with Crippen molar-refractivity contribution in [3.63, 3.8) is 0 Å². The van der Waals surface area contributed by atoms with E-state index in [4.69, 9.17) is 9.84 Å². The zero-order chi connectivity index (χ0) is 17.6. The van der Waals surface area contributed by atoms with Crippen molar-refractivity contribution < 1.29 is 9.84 Å². The number of benzene rings is 2. The van der Waals surface area contributed by atoms with Gasteiger partial charge in [-0.05, 0) is 47.5 Å². The first-order valence-electron chi connectivity index (χ1n) is 8.25. The molecule has 1 aromatic heterocycles. The summed E-state index contributed by atoms with van der Waals surface area (Å²) in [5.41, 5.74) is 4.32. The molecule has 1 heterocycles. The molecular weight excluding hydrogens is 312 g/mol. The molecule has 0 saturated carbocycles. The van der Waals surface area contributed by atoms with E-state index < -0.39 is 0 Å². The number of pyridine rings is 1. The normalized spacial score (nSPS) is 11.2. The summed E-state index contributed by atoms with van der Waals surface area (Å²) in [7, 11) is 4.06. The minimum absolute atomic E-state index is 0.000774. The highest BCUT2D eigenvalue weighted by Gasteiger charge is 2.02. The van der Waals surface area contributed by atoms with Crippen molar-refractivity contribution in [3.8, 4) is 5.75 Å². The highest BCUT2D eigenvalue weighted by Crippen LogP contribution is 2.24. The standard InChI is InChI=1S/C21H22N2O2/c1-23(2)18-7-4-16(5-8-18)3-6-17-11-12-22-21-10-9-19(15-20(17)21)25-14-13-24/h3-12,15,24H,13-14H2,1-2H3/b6-3-. The van der Waals surface area contributed by atoms with Crippen LogP contribution < -0.4 is 9.64 Å². The second kappa shape index (κ2) is 7.81. The van der Waals surface area contributed by atoms with E-state index in [9.17, 15) is 0 Å². The van der Waals surface area contributed by atoms with Gasteiger partial charge in [0.2, 0.25) is 0 Å². The Morgan fingerprint density at radius 1 is 1.04 bits per heavy atom. The first kappa shape index (κ1) is 17.0. The molecule has 4 nitrogen and oxygen atoms in total. The Morgan fingerprint density at radius 3 is 2.56 bits per heavy atom. The van der Waals surface area contributed by atoms with Gasteiger partial charge in [-0.2, -0.15) is 0 Å². The molecule has 0 aliphatic heterocycles. The first-order valence-corrected chi connectivity index (χ1v) is 8.25. The van der Waals surface area contributed by atoms with E-state index in [1.165, 1.54) is 5.69 Å². The molecule has 0 unspecified atom stereocenters. The van der Waals surface area contributed by atoms with E-state index in [1.54, 1.807) is 0 Å². The molecule has 0 radical (unpaired) electrons. The van der Waals surface area contributed by atoms with Gasteiger partial charge in [0.05, 0.1) is 12.1 Å². The summed E-state index contributed by atoms with van der Waals surface area (Å²) in [5.74, 6) is 0.736. The van der Waals surface area contributed by atoms with Gasteiger partial charge in [-0.15, -0.1) is 0 Å². The van der Waals surface area contributed by atoms with Crippen LogP contribution in [0.25, 0.3) is 23.1 Å². The van der Waals surface area contributed by atoms with Gasteiger partial charge in [0, 0.05) is 31.4 Å². The Bertz CT molecular complexity index is 871. The average molecular weight is 334 g/mol. The van der Waals surface area contributed by atoms with Crippen LogP contribution in [0.3, 0.4) is 0 Å². The minimum atomic E-state index is 0.000774. The van der Waals surface area contributed by atoms with E-state index >= 15 is 0 Å². The molecule has 0 fully saturated rings. The van der Waals surface area contributed by atoms with Crippen LogP contribution >= 0.6 is 0 Å². The lowest BCUT2D eigenvalue weighted by molar-refractivity contribution is 0.201. The fourth-order valence-corrected chi connectivity index (χ4v) is 2.61. The Morgan fingerprint density at radius 2 is 1.84 bits per heavy atom. The molecule has 0 spiro atoms. The largest absolute Gasteiger partial charge is 0.491 e. The number of nitrogens with zero attached hydrogens (tertiary/aromatic N) is 2. The summed E-state index contributed by atoms with van der Waals surface area (Å²) in [4.78, 5) is 6.49. The molecule has 0 bridgehead atoms. The molecule has 128 valence electrons. The van der Waals surface area contributed by atoms with E-state index in [0.29, 0.717) is 0 Å². The second-order valence-corrected chi connectivity index (χ2v) is 5.97. The zero-order valence-electron chi connectivity index (χ0n) is 14.5. The number of aliphatic hydroxyl groups is 1. The fourth-order valence-electron chi connectivity index (χ4n) is 2.61. The van der Waals surface area contributed by atoms with Crippen molar-refractivity contribution in [2.24, 2.45) is 0 Å². The summed E-state index contributed by atoms with van der Waals surface area (Å²) in [6.07, 6.45) is 5.99. The quantitative estimate of drug-likeness (QED) is 0.744. The van der Waals surface area contributed by atoms with Crippen molar-refractivity contribution in [2.45, 2.75) is 0 Å². The molecule has 3 aromatic rings. The summed E-state index contributed by atoms with van der Waals surface area (Å²) in [6.45, 7) is 0.288. The van der Waals surface area contributed by atoms with Gasteiger partial charge in [0.15, 0.2) is 0 Å². The number of aromatic nitrogens is 1. The molecule has 4 heteroatoms. The highest BCUT2D eigenvalue weighted by atomic mass is 16.5. The molecule has 3 rings (SSSR count). The SMILES string of the molecule is CN(C)c1ccc(/C=C\c2ccnc3ccc(OCCO)cc23)cc1. The molecule has 0 amide bonds. The van der Waals surface area contributed by atoms with E-state index in [-0.39, 0.29) is 13.2 Å². The topological polar surface area (TPSA) is 45.6 Å². The van der Waals surface area contributed by atoms with Crippen LogP contribution in [-0.2, 0) is 0 Å². The number of fused-ring (bicyclic) bond motifs is 1. The van der Waals surface area contributed by atoms with Crippen LogP contribution in [0.2, 0.25) is 0 Å². The summed E-state index contributed by atoms with van der Waals surface area (Å²) >= 11 is 0. The Hall–Kier alpha value is -2.85. The lowest BCUT2D eigenvalue weighted by Gasteiger charge is -2.11. The highest BCUT2D eigenvalue weighted by molar-refractivity contribution is 5.91. The third-order valence-electron chi connectivity index (χ3n) is 3.97. The Labute approximate surface area is 148 Å². The molecular formula is C21H22N2O2. The molecule has 1 N–H and O–H groups in total. The maximum absolute atomic E-state index is 8.91. The summed E-state index contributed by atoms with van der Waals surface area (Å²) in [5, 5.41) is 9.93. The van der Waals surface area contributed by atoms with Gasteiger partial charge in [-0.25, -0.2) is 0 Å². The van der Waals surface area contributed by atoms with Gasteiger partial charge in [0.25, 0.3) is 0 Å². The molecule has 0 saturated heterocycles. The molecule has 25 heavy (non-hydrogen) atoms. The number of anilines is 1. The van der Waals surface area contributed by atoms with Gasteiger partial charge in [0.1, 0.15) is 12.4 Å². The van der Waals surface area contributed by atoms with E-state index in [1.807, 2.05) is 44.6 Å². The number of aliphatic hydroxyl groups excluding tert-OH is 1. The third-order valence-corrected chi connectivity index (χ3v) is 3.97. The van der Waals surface area contributed by atoms with Crippen LogP contribution in [-0.4, -0.2) is 37.4 Å². The Balaban J connectivity index is 1.89. The van der Waals surface area contributed by atoms with Crippen molar-refractivity contribution in [3.05, 3.63) is 65.9 Å². The summed E-state index contributed by atoms with van der Waals surface area (Å²) < 4.78 is 5.51. The van der Waals surface area contributed by atoms with Gasteiger partial charge in [-0.1, -0.05) is 24.3 Å². The first-order chi connectivity index (χ1) is 12.2. The predicted molar refractivity (Wildman–Crippen MR) is 104 cm³/mol. The van der Waals surface area contributed by atoms with Crippen LogP contribution in [0.4, 0.5) is 5.69 Å². The van der Waals surface area contributed by atoms with E-state index in [0.717, 1.165) is 27.8 Å². The van der Waals surface area contributed by atoms with Crippen LogP contribution in [0.15, 0.2) is 54.7 Å². The zero-order valence-corrected chi connectivity index (χ0v) is 14.5. The number of rotatable bonds is 6. The fraction of sp³-hybridized carbons (Fsp3) is 0.190. The minimum Gasteiger partial charge on any atom is -0.491 e. The summed E-state index contributed by atoms with van der Waals surface area (Å²) in [6, 6.07) is 16.2.